The van der Waals surface area contributed by atoms with E-state index in [1.165, 1.54) is 12.5 Å². The fourth-order valence-electron chi connectivity index (χ4n) is 0.425. The molecule has 3 nitrogen and oxygen atoms in total. The monoisotopic (exact) mass is 111 g/mol. The van der Waals surface area contributed by atoms with Crippen molar-refractivity contribution >= 4 is 6.29 Å². The lowest BCUT2D eigenvalue weighted by molar-refractivity contribution is -0.107. The average Bonchev–Trinajstić information content (AvgIpc) is 2.19. The summed E-state index contributed by atoms with van der Waals surface area (Å²) < 4.78 is 4.73. The molecule has 8 heavy (non-hydrogen) atoms. The molecule has 0 radical (unpaired) electrons. The van der Waals surface area contributed by atoms with Gasteiger partial charge in [-0.05, 0) is 0 Å². The smallest absolute Gasteiger partial charge is 0.201 e. The average molecular weight is 111 g/mol. The zero-order chi connectivity index (χ0) is 5.82. The van der Waals surface area contributed by atoms with Gasteiger partial charge in [0, 0.05) is 0 Å². The fraction of sp³-hybridized carbons (Fsp3) is 0.200. The summed E-state index contributed by atoms with van der Waals surface area (Å²) in [5.41, 5.74) is 0. The van der Waals surface area contributed by atoms with E-state index in [1.54, 1.807) is 0 Å². The Hall–Kier alpha value is -1.12. The number of rotatable bonds is 2. The van der Waals surface area contributed by atoms with Crippen molar-refractivity contribution in [3.63, 3.8) is 0 Å². The summed E-state index contributed by atoms with van der Waals surface area (Å²) in [6, 6.07) is 0. The van der Waals surface area contributed by atoms with E-state index in [-0.39, 0.29) is 6.42 Å². The zero-order valence-electron chi connectivity index (χ0n) is 4.20. The lowest BCUT2D eigenvalue weighted by Gasteiger charge is -1.77. The highest BCUT2D eigenvalue weighted by atomic mass is 16.3. The van der Waals surface area contributed by atoms with Gasteiger partial charge in [-0.1, -0.05) is 0 Å². The van der Waals surface area contributed by atoms with Crippen LogP contribution in [0.5, 0.6) is 0 Å². The third kappa shape index (κ3) is 0.932. The van der Waals surface area contributed by atoms with Crippen LogP contribution in [0.3, 0.4) is 0 Å². The number of nitrogens with zero attached hydrogens (tertiary/aromatic N) is 1. The Morgan fingerprint density at radius 1 is 1.88 bits per heavy atom. The highest BCUT2D eigenvalue weighted by Crippen LogP contribution is 1.91. The van der Waals surface area contributed by atoms with Crippen molar-refractivity contribution in [3.8, 4) is 0 Å². The molecule has 1 heterocycles. The van der Waals surface area contributed by atoms with Crippen molar-refractivity contribution in [1.29, 1.82) is 0 Å². The maximum Gasteiger partial charge on any atom is 0.201 e. The number of oxazole rings is 1. The van der Waals surface area contributed by atoms with E-state index in [0.29, 0.717) is 5.89 Å². The molecule has 1 aromatic heterocycles. The first kappa shape index (κ1) is 5.03. The number of aldehydes is 1. The minimum Gasteiger partial charge on any atom is -0.449 e. The van der Waals surface area contributed by atoms with E-state index in [9.17, 15) is 4.79 Å². The Balaban J connectivity index is 2.62. The van der Waals surface area contributed by atoms with Crippen LogP contribution < -0.4 is 0 Å². The van der Waals surface area contributed by atoms with Crippen molar-refractivity contribution in [1.82, 2.24) is 4.98 Å². The highest BCUT2D eigenvalue weighted by Gasteiger charge is 1.91. The van der Waals surface area contributed by atoms with Crippen molar-refractivity contribution in [2.75, 3.05) is 0 Å². The van der Waals surface area contributed by atoms with Crippen molar-refractivity contribution in [2.45, 2.75) is 6.42 Å². The molecular weight excluding hydrogens is 106 g/mol. The number of carbonyl (C=O) groups excluding carboxylic acids is 1. The molecule has 1 rings (SSSR count). The van der Waals surface area contributed by atoms with Crippen LogP contribution in [-0.2, 0) is 11.2 Å². The van der Waals surface area contributed by atoms with Crippen LogP contribution in [0.25, 0.3) is 0 Å². The van der Waals surface area contributed by atoms with Crippen LogP contribution in [0.15, 0.2) is 16.9 Å². The Labute approximate surface area is 46.3 Å². The molecule has 0 spiro atoms. The number of aromatic nitrogens is 1. The SMILES string of the molecule is O=CCc1ncco1. The third-order valence-electron chi connectivity index (χ3n) is 0.741. The van der Waals surface area contributed by atoms with E-state index in [4.69, 9.17) is 4.42 Å². The Bertz CT molecular complexity index is 157. The summed E-state index contributed by atoms with van der Waals surface area (Å²) in [6.07, 6.45) is 3.98. The van der Waals surface area contributed by atoms with E-state index < -0.39 is 0 Å². The second-order valence-electron chi connectivity index (χ2n) is 1.30. The van der Waals surface area contributed by atoms with Gasteiger partial charge >= 0.3 is 0 Å². The molecule has 0 saturated heterocycles. The summed E-state index contributed by atoms with van der Waals surface area (Å²) in [5, 5.41) is 0. The van der Waals surface area contributed by atoms with Crippen molar-refractivity contribution < 1.29 is 9.21 Å². The molecular formula is C5H5NO2. The van der Waals surface area contributed by atoms with Crippen LogP contribution in [0.1, 0.15) is 5.89 Å². The van der Waals surface area contributed by atoms with Gasteiger partial charge in [0.2, 0.25) is 5.89 Å². The van der Waals surface area contributed by atoms with Gasteiger partial charge in [0.25, 0.3) is 0 Å². The van der Waals surface area contributed by atoms with Crippen LogP contribution in [-0.4, -0.2) is 11.3 Å². The molecule has 3 heteroatoms. The number of hydrogen-bond acceptors (Lipinski definition) is 3. The number of carbonyl (C=O) groups is 1. The quantitative estimate of drug-likeness (QED) is 0.519. The summed E-state index contributed by atoms with van der Waals surface area (Å²) >= 11 is 0. The fourth-order valence-corrected chi connectivity index (χ4v) is 0.425. The van der Waals surface area contributed by atoms with Gasteiger partial charge < -0.3 is 9.21 Å². The van der Waals surface area contributed by atoms with E-state index in [1.807, 2.05) is 0 Å². The predicted octanol–water partition coefficient (Wildman–Crippen LogP) is 0.416. The zero-order valence-corrected chi connectivity index (χ0v) is 4.20. The molecule has 42 valence electrons. The molecule has 0 unspecified atom stereocenters. The number of hydrogen-bond donors (Lipinski definition) is 0. The van der Waals surface area contributed by atoms with Crippen LogP contribution in [0.4, 0.5) is 0 Å². The van der Waals surface area contributed by atoms with Gasteiger partial charge in [-0.2, -0.15) is 0 Å². The Morgan fingerprint density at radius 3 is 3.25 bits per heavy atom. The van der Waals surface area contributed by atoms with Crippen LogP contribution >= 0.6 is 0 Å². The first-order chi connectivity index (χ1) is 3.93. The van der Waals surface area contributed by atoms with Gasteiger partial charge in [0.1, 0.15) is 12.5 Å². The lowest BCUT2D eigenvalue weighted by Crippen LogP contribution is -1.82. The molecule has 0 fully saturated rings. The normalized spacial score (nSPS) is 9.00. The molecule has 0 aliphatic rings. The molecule has 0 aliphatic heterocycles. The molecule has 0 atom stereocenters. The van der Waals surface area contributed by atoms with Crippen LogP contribution in [0, 0.1) is 0 Å². The second kappa shape index (κ2) is 2.26. The molecule has 0 amide bonds. The Morgan fingerprint density at radius 2 is 2.75 bits per heavy atom. The third-order valence-corrected chi connectivity index (χ3v) is 0.741. The summed E-state index contributed by atoms with van der Waals surface area (Å²) in [5.74, 6) is 0.472. The maximum atomic E-state index is 9.77. The standard InChI is InChI=1S/C5H5NO2/c7-3-1-5-6-2-4-8-5/h2-4H,1H2. The van der Waals surface area contributed by atoms with E-state index in [0.717, 1.165) is 6.29 Å². The summed E-state index contributed by atoms with van der Waals surface area (Å²) in [4.78, 5) is 13.5. The topological polar surface area (TPSA) is 43.1 Å². The molecule has 0 aromatic carbocycles. The highest BCUT2D eigenvalue weighted by molar-refractivity contribution is 5.52. The molecule has 0 saturated carbocycles. The predicted molar refractivity (Wildman–Crippen MR) is 26.3 cm³/mol. The van der Waals surface area contributed by atoms with Crippen molar-refractivity contribution in [2.24, 2.45) is 0 Å². The first-order valence-electron chi connectivity index (χ1n) is 2.25. The Kier molecular flexibility index (Phi) is 1.42. The maximum absolute atomic E-state index is 9.77. The van der Waals surface area contributed by atoms with Gasteiger partial charge in [0.05, 0.1) is 12.6 Å². The van der Waals surface area contributed by atoms with E-state index >= 15 is 0 Å². The summed E-state index contributed by atoms with van der Waals surface area (Å²) in [7, 11) is 0. The van der Waals surface area contributed by atoms with Gasteiger partial charge in [0.15, 0.2) is 0 Å². The molecule has 0 aliphatic carbocycles. The van der Waals surface area contributed by atoms with Gasteiger partial charge in [-0.25, -0.2) is 4.98 Å². The first-order valence-corrected chi connectivity index (χ1v) is 2.25. The van der Waals surface area contributed by atoms with Gasteiger partial charge in [-0.15, -0.1) is 0 Å². The second-order valence-corrected chi connectivity index (χ2v) is 1.30. The summed E-state index contributed by atoms with van der Waals surface area (Å²) in [6.45, 7) is 0. The van der Waals surface area contributed by atoms with E-state index in [2.05, 4.69) is 4.98 Å². The minimum atomic E-state index is 0.271. The van der Waals surface area contributed by atoms with Crippen molar-refractivity contribution in [3.05, 3.63) is 18.4 Å². The molecule has 0 bridgehead atoms. The minimum absolute atomic E-state index is 0.271. The lowest BCUT2D eigenvalue weighted by atomic mass is 10.5. The van der Waals surface area contributed by atoms with Gasteiger partial charge in [-0.3, -0.25) is 0 Å². The van der Waals surface area contributed by atoms with Crippen LogP contribution in [0.2, 0.25) is 0 Å². The molecule has 1 aromatic rings. The largest absolute Gasteiger partial charge is 0.449 e. The molecule has 0 N–H and O–H groups in total.